The largest absolute Gasteiger partial charge is 0.507 e. The molecule has 2 rings (SSSR count). The summed E-state index contributed by atoms with van der Waals surface area (Å²) in [5.74, 6) is 0.914. The average Bonchev–Trinajstić information content (AvgIpc) is 2.40. The highest BCUT2D eigenvalue weighted by atomic mass is 35.5. The van der Waals surface area contributed by atoms with E-state index in [0.29, 0.717) is 23.4 Å². The maximum Gasteiger partial charge on any atom is 0.255 e. The van der Waals surface area contributed by atoms with Crippen molar-refractivity contribution < 1.29 is 9.90 Å². The Balaban J connectivity index is 1.95. The molecule has 0 bridgehead atoms. The Hall–Kier alpha value is -1.22. The van der Waals surface area contributed by atoms with E-state index in [2.05, 4.69) is 12.2 Å². The number of carbonyl (C=O) groups excluding carboxylic acids is 1. The summed E-state index contributed by atoms with van der Waals surface area (Å²) in [6.07, 6.45) is 4.94. The quantitative estimate of drug-likeness (QED) is 0.889. The maximum absolute atomic E-state index is 12.0. The predicted molar refractivity (Wildman–Crippen MR) is 76.6 cm³/mol. The van der Waals surface area contributed by atoms with Gasteiger partial charge in [-0.05, 0) is 36.5 Å². The average molecular weight is 282 g/mol. The topological polar surface area (TPSA) is 49.3 Å². The highest BCUT2D eigenvalue weighted by Gasteiger charge is 2.22. The summed E-state index contributed by atoms with van der Waals surface area (Å²) in [6.45, 7) is 2.92. The summed E-state index contributed by atoms with van der Waals surface area (Å²) in [4.78, 5) is 12.0. The number of phenolic OH excluding ortho intramolecular Hbond substituents is 1. The van der Waals surface area contributed by atoms with Crippen molar-refractivity contribution >= 4 is 17.5 Å². The van der Waals surface area contributed by atoms with Crippen molar-refractivity contribution in [1.82, 2.24) is 5.32 Å². The fraction of sp³-hybridized carbons (Fsp3) is 0.533. The molecule has 1 amide bonds. The van der Waals surface area contributed by atoms with Crippen LogP contribution in [0.25, 0.3) is 0 Å². The zero-order valence-electron chi connectivity index (χ0n) is 11.2. The molecule has 0 aromatic heterocycles. The molecule has 1 aliphatic carbocycles. The number of carbonyl (C=O) groups is 1. The molecule has 0 heterocycles. The van der Waals surface area contributed by atoms with Crippen LogP contribution in [0, 0.1) is 11.8 Å². The first-order chi connectivity index (χ1) is 9.08. The van der Waals surface area contributed by atoms with Crippen LogP contribution >= 0.6 is 11.6 Å². The van der Waals surface area contributed by atoms with Gasteiger partial charge in [-0.25, -0.2) is 0 Å². The summed E-state index contributed by atoms with van der Waals surface area (Å²) in [5, 5.41) is 13.0. The van der Waals surface area contributed by atoms with Gasteiger partial charge in [-0.15, -0.1) is 0 Å². The van der Waals surface area contributed by atoms with Crippen molar-refractivity contribution in [2.45, 2.75) is 32.6 Å². The molecule has 2 unspecified atom stereocenters. The third-order valence-corrected chi connectivity index (χ3v) is 4.25. The van der Waals surface area contributed by atoms with E-state index in [0.717, 1.165) is 0 Å². The number of benzene rings is 1. The van der Waals surface area contributed by atoms with Crippen LogP contribution in [0.1, 0.15) is 43.0 Å². The first-order valence-electron chi connectivity index (χ1n) is 6.84. The molecule has 2 N–H and O–H groups in total. The number of halogens is 1. The molecule has 1 aromatic carbocycles. The predicted octanol–water partition coefficient (Wildman–Crippen LogP) is 3.60. The van der Waals surface area contributed by atoms with Crippen LogP contribution in [0.4, 0.5) is 0 Å². The van der Waals surface area contributed by atoms with Gasteiger partial charge in [0.1, 0.15) is 5.75 Å². The van der Waals surface area contributed by atoms with Crippen LogP contribution in [0.5, 0.6) is 5.75 Å². The Labute approximate surface area is 119 Å². The molecular formula is C15H20ClNO2. The Morgan fingerprint density at radius 3 is 2.89 bits per heavy atom. The van der Waals surface area contributed by atoms with Crippen LogP contribution < -0.4 is 5.32 Å². The third-order valence-electron chi connectivity index (χ3n) is 4.02. The minimum Gasteiger partial charge on any atom is -0.507 e. The molecule has 3 nitrogen and oxygen atoms in total. The standard InChI is InChI=1S/C15H20ClNO2/c1-10-4-2-3-5-11(10)9-17-15(19)13-8-12(16)6-7-14(13)18/h6-8,10-11,18H,2-5,9H2,1H3,(H,17,19). The number of nitrogens with one attached hydrogen (secondary N) is 1. The second kappa shape index (κ2) is 6.29. The molecule has 0 aliphatic heterocycles. The molecular weight excluding hydrogens is 262 g/mol. The summed E-state index contributed by atoms with van der Waals surface area (Å²) < 4.78 is 0. The molecule has 19 heavy (non-hydrogen) atoms. The zero-order valence-corrected chi connectivity index (χ0v) is 11.9. The lowest BCUT2D eigenvalue weighted by Crippen LogP contribution is -2.33. The van der Waals surface area contributed by atoms with E-state index in [1.165, 1.54) is 37.8 Å². The van der Waals surface area contributed by atoms with Gasteiger partial charge in [-0.2, -0.15) is 0 Å². The molecule has 4 heteroatoms. The third kappa shape index (κ3) is 3.63. The lowest BCUT2D eigenvalue weighted by atomic mass is 9.80. The van der Waals surface area contributed by atoms with Crippen molar-refractivity contribution in [2.75, 3.05) is 6.54 Å². The van der Waals surface area contributed by atoms with E-state index in [1.54, 1.807) is 6.07 Å². The Morgan fingerprint density at radius 2 is 2.16 bits per heavy atom. The van der Waals surface area contributed by atoms with E-state index in [9.17, 15) is 9.90 Å². The summed E-state index contributed by atoms with van der Waals surface area (Å²) in [5.41, 5.74) is 0.246. The van der Waals surface area contributed by atoms with E-state index < -0.39 is 0 Å². The van der Waals surface area contributed by atoms with Crippen LogP contribution in [0.15, 0.2) is 18.2 Å². The van der Waals surface area contributed by atoms with Gasteiger partial charge >= 0.3 is 0 Å². The van der Waals surface area contributed by atoms with Crippen molar-refractivity contribution in [1.29, 1.82) is 0 Å². The normalized spacial score (nSPS) is 23.1. The van der Waals surface area contributed by atoms with Gasteiger partial charge in [0.25, 0.3) is 5.91 Å². The van der Waals surface area contributed by atoms with Gasteiger partial charge in [0.05, 0.1) is 5.56 Å². The molecule has 0 radical (unpaired) electrons. The van der Waals surface area contributed by atoms with E-state index >= 15 is 0 Å². The van der Waals surface area contributed by atoms with E-state index in [4.69, 9.17) is 11.6 Å². The summed E-state index contributed by atoms with van der Waals surface area (Å²) in [6, 6.07) is 4.51. The summed E-state index contributed by atoms with van der Waals surface area (Å²) in [7, 11) is 0. The smallest absolute Gasteiger partial charge is 0.255 e. The zero-order chi connectivity index (χ0) is 13.8. The monoisotopic (exact) mass is 281 g/mol. The van der Waals surface area contributed by atoms with Crippen molar-refractivity contribution in [3.05, 3.63) is 28.8 Å². The van der Waals surface area contributed by atoms with E-state index in [-0.39, 0.29) is 17.2 Å². The van der Waals surface area contributed by atoms with Gasteiger partial charge in [-0.1, -0.05) is 37.8 Å². The van der Waals surface area contributed by atoms with Crippen molar-refractivity contribution in [2.24, 2.45) is 11.8 Å². The highest BCUT2D eigenvalue weighted by molar-refractivity contribution is 6.31. The Kier molecular flexibility index (Phi) is 4.70. The lowest BCUT2D eigenvalue weighted by Gasteiger charge is -2.28. The van der Waals surface area contributed by atoms with Crippen molar-refractivity contribution in [3.63, 3.8) is 0 Å². The number of hydrogen-bond acceptors (Lipinski definition) is 2. The molecule has 0 spiro atoms. The van der Waals surface area contributed by atoms with Crippen LogP contribution in [-0.4, -0.2) is 17.6 Å². The van der Waals surface area contributed by atoms with Crippen LogP contribution in [0.3, 0.4) is 0 Å². The fourth-order valence-corrected chi connectivity index (χ4v) is 2.88. The highest BCUT2D eigenvalue weighted by Crippen LogP contribution is 2.29. The molecule has 1 fully saturated rings. The molecule has 104 valence electrons. The molecule has 1 aliphatic rings. The number of hydrogen-bond donors (Lipinski definition) is 2. The number of aromatic hydroxyl groups is 1. The second-order valence-electron chi connectivity index (χ2n) is 5.39. The van der Waals surface area contributed by atoms with Gasteiger partial charge in [0, 0.05) is 11.6 Å². The molecule has 1 saturated carbocycles. The van der Waals surface area contributed by atoms with Gasteiger partial charge in [0.2, 0.25) is 0 Å². The molecule has 2 atom stereocenters. The van der Waals surface area contributed by atoms with Crippen molar-refractivity contribution in [3.8, 4) is 5.75 Å². The first kappa shape index (κ1) is 14.2. The van der Waals surface area contributed by atoms with Crippen LogP contribution in [-0.2, 0) is 0 Å². The summed E-state index contributed by atoms with van der Waals surface area (Å²) >= 11 is 5.84. The van der Waals surface area contributed by atoms with Gasteiger partial charge in [-0.3, -0.25) is 4.79 Å². The SMILES string of the molecule is CC1CCCCC1CNC(=O)c1cc(Cl)ccc1O. The fourth-order valence-electron chi connectivity index (χ4n) is 2.71. The van der Waals surface area contributed by atoms with Gasteiger partial charge < -0.3 is 10.4 Å². The Bertz CT molecular complexity index is 461. The number of amides is 1. The Morgan fingerprint density at radius 1 is 1.42 bits per heavy atom. The second-order valence-corrected chi connectivity index (χ2v) is 5.83. The first-order valence-corrected chi connectivity index (χ1v) is 7.22. The minimum atomic E-state index is -0.252. The minimum absolute atomic E-state index is 0.0291. The van der Waals surface area contributed by atoms with Crippen LogP contribution in [0.2, 0.25) is 5.02 Å². The molecule has 1 aromatic rings. The lowest BCUT2D eigenvalue weighted by molar-refractivity contribution is 0.0934. The molecule has 0 saturated heterocycles. The van der Waals surface area contributed by atoms with E-state index in [1.807, 2.05) is 0 Å². The number of phenols is 1. The number of rotatable bonds is 3. The van der Waals surface area contributed by atoms with Gasteiger partial charge in [0.15, 0.2) is 0 Å². The maximum atomic E-state index is 12.0.